The van der Waals surface area contributed by atoms with Gasteiger partial charge in [-0.15, -0.1) is 11.3 Å². The van der Waals surface area contributed by atoms with Gasteiger partial charge in [-0.05, 0) is 30.3 Å². The lowest BCUT2D eigenvalue weighted by molar-refractivity contribution is 0.0467. The van der Waals surface area contributed by atoms with Crippen molar-refractivity contribution in [2.24, 2.45) is 0 Å². The normalized spacial score (nSPS) is 10.6. The molecule has 1 N–H and O–H groups in total. The van der Waals surface area contributed by atoms with E-state index in [0.717, 1.165) is 11.3 Å². The van der Waals surface area contributed by atoms with Crippen LogP contribution in [0.1, 0.15) is 25.9 Å². The van der Waals surface area contributed by atoms with E-state index in [1.54, 1.807) is 12.1 Å². The number of carbonyl (C=O) groups excluding carboxylic acids is 2. The number of carbonyl (C=O) groups is 2. The highest BCUT2D eigenvalue weighted by atomic mass is 35.5. The number of aromatic nitrogens is 2. The molecule has 0 saturated carbocycles. The summed E-state index contributed by atoms with van der Waals surface area (Å²) >= 11 is 6.86. The van der Waals surface area contributed by atoms with Crippen LogP contribution in [0.5, 0.6) is 0 Å². The van der Waals surface area contributed by atoms with Crippen LogP contribution in [-0.2, 0) is 16.1 Å². The fourth-order valence-corrected chi connectivity index (χ4v) is 3.07. The number of ether oxygens (including phenoxy) is 2. The van der Waals surface area contributed by atoms with Crippen LogP contribution in [0.4, 0.5) is 0 Å². The summed E-state index contributed by atoms with van der Waals surface area (Å²) in [5, 5.41) is 0.313. The number of methoxy groups -OCH3 is 1. The Morgan fingerprint density at radius 3 is 2.72 bits per heavy atom. The van der Waals surface area contributed by atoms with Crippen molar-refractivity contribution in [3.05, 3.63) is 61.3 Å². The number of rotatable bonds is 4. The van der Waals surface area contributed by atoms with E-state index in [0.29, 0.717) is 20.1 Å². The molecule has 0 unspecified atom stereocenters. The second kappa shape index (κ2) is 7.04. The summed E-state index contributed by atoms with van der Waals surface area (Å²) in [6.45, 7) is -0.220. The summed E-state index contributed by atoms with van der Waals surface area (Å²) in [5.41, 5.74) is 0.174. The maximum Gasteiger partial charge on any atom is 0.348 e. The predicted molar refractivity (Wildman–Crippen MR) is 92.2 cm³/mol. The van der Waals surface area contributed by atoms with Gasteiger partial charge in [0.25, 0.3) is 5.56 Å². The molecule has 2 aromatic heterocycles. The molecule has 0 atom stereocenters. The number of thiophene rings is 1. The Bertz CT molecular complexity index is 1030. The van der Waals surface area contributed by atoms with Crippen molar-refractivity contribution in [2.45, 2.75) is 6.61 Å². The summed E-state index contributed by atoms with van der Waals surface area (Å²) in [4.78, 5) is 42.7. The number of halogens is 1. The Hall–Kier alpha value is -2.71. The molecule has 128 valence electrons. The van der Waals surface area contributed by atoms with Crippen molar-refractivity contribution in [3.8, 4) is 0 Å². The van der Waals surface area contributed by atoms with Crippen molar-refractivity contribution < 1.29 is 19.1 Å². The molecule has 1 aromatic carbocycles. The zero-order valence-electron chi connectivity index (χ0n) is 12.9. The molecule has 0 saturated heterocycles. The summed E-state index contributed by atoms with van der Waals surface area (Å²) < 4.78 is 10.2. The zero-order valence-corrected chi connectivity index (χ0v) is 14.4. The quantitative estimate of drug-likeness (QED) is 0.701. The minimum Gasteiger partial charge on any atom is -0.465 e. The smallest absolute Gasteiger partial charge is 0.348 e. The van der Waals surface area contributed by atoms with Gasteiger partial charge in [-0.1, -0.05) is 11.6 Å². The Balaban J connectivity index is 1.85. The van der Waals surface area contributed by atoms with Crippen LogP contribution in [0.2, 0.25) is 4.34 Å². The van der Waals surface area contributed by atoms with Gasteiger partial charge in [0.05, 0.1) is 27.9 Å². The average Bonchev–Trinajstić information content (AvgIpc) is 3.05. The van der Waals surface area contributed by atoms with Crippen molar-refractivity contribution in [1.82, 2.24) is 9.97 Å². The number of nitrogens with zero attached hydrogens (tertiary/aromatic N) is 1. The molecule has 0 aliphatic rings. The lowest BCUT2D eigenvalue weighted by atomic mass is 10.1. The molecule has 7 nitrogen and oxygen atoms in total. The molecular formula is C16H11ClN2O5S. The number of hydrogen-bond donors (Lipinski definition) is 1. The average molecular weight is 379 g/mol. The Labute approximate surface area is 150 Å². The number of esters is 2. The number of fused-ring (bicyclic) bond motifs is 1. The summed E-state index contributed by atoms with van der Waals surface area (Å²) in [7, 11) is 1.26. The number of benzene rings is 1. The Morgan fingerprint density at radius 1 is 1.24 bits per heavy atom. The molecular weight excluding hydrogens is 368 g/mol. The molecule has 0 bridgehead atoms. The number of nitrogens with one attached hydrogen (secondary N) is 1. The third-order valence-electron chi connectivity index (χ3n) is 3.29. The second-order valence-corrected chi connectivity index (χ2v) is 6.63. The summed E-state index contributed by atoms with van der Waals surface area (Å²) in [6.07, 6.45) is 0. The molecule has 0 aliphatic heterocycles. The Kier molecular flexibility index (Phi) is 4.82. The minimum atomic E-state index is -0.567. The van der Waals surface area contributed by atoms with E-state index in [2.05, 4.69) is 14.7 Å². The molecule has 0 amide bonds. The molecule has 0 spiro atoms. The van der Waals surface area contributed by atoms with Crippen molar-refractivity contribution in [2.75, 3.05) is 7.11 Å². The highest BCUT2D eigenvalue weighted by Gasteiger charge is 2.13. The SMILES string of the molecule is COC(=O)c1ccc2c(=O)[nH]c(COC(=O)c3ccc(Cl)s3)nc2c1. The lowest BCUT2D eigenvalue weighted by Gasteiger charge is -2.05. The molecule has 3 aromatic rings. The number of aromatic amines is 1. The van der Waals surface area contributed by atoms with Gasteiger partial charge in [-0.25, -0.2) is 14.6 Å². The third kappa shape index (κ3) is 3.70. The number of H-pyrrole nitrogens is 1. The first-order valence-corrected chi connectivity index (χ1v) is 8.21. The summed E-state index contributed by atoms with van der Waals surface area (Å²) in [6, 6.07) is 7.55. The van der Waals surface area contributed by atoms with Gasteiger partial charge in [0.1, 0.15) is 17.3 Å². The minimum absolute atomic E-state index is 0.163. The molecule has 0 radical (unpaired) electrons. The van der Waals surface area contributed by atoms with Crippen LogP contribution in [0.15, 0.2) is 35.1 Å². The maximum absolute atomic E-state index is 12.1. The van der Waals surface area contributed by atoms with E-state index >= 15 is 0 Å². The monoisotopic (exact) mass is 378 g/mol. The molecule has 0 fully saturated rings. The molecule has 2 heterocycles. The van der Waals surface area contributed by atoms with Crippen LogP contribution in [-0.4, -0.2) is 29.0 Å². The van der Waals surface area contributed by atoms with Crippen molar-refractivity contribution >= 4 is 45.8 Å². The molecule has 25 heavy (non-hydrogen) atoms. The summed E-state index contributed by atoms with van der Waals surface area (Å²) in [5.74, 6) is -0.940. The molecule has 0 aliphatic carbocycles. The standard InChI is InChI=1S/C16H11ClN2O5S/c1-23-15(21)8-2-3-9-10(6-8)18-13(19-14(9)20)7-24-16(22)11-4-5-12(17)25-11/h2-6H,7H2,1H3,(H,18,19,20). The van der Waals surface area contributed by atoms with Crippen molar-refractivity contribution in [3.63, 3.8) is 0 Å². The van der Waals surface area contributed by atoms with E-state index in [-0.39, 0.29) is 18.0 Å². The van der Waals surface area contributed by atoms with Gasteiger partial charge in [0.2, 0.25) is 0 Å². The highest BCUT2D eigenvalue weighted by Crippen LogP contribution is 2.22. The first-order chi connectivity index (χ1) is 12.0. The highest BCUT2D eigenvalue weighted by molar-refractivity contribution is 7.17. The van der Waals surface area contributed by atoms with Crippen LogP contribution < -0.4 is 5.56 Å². The maximum atomic E-state index is 12.1. The van der Waals surface area contributed by atoms with Crippen LogP contribution in [0, 0.1) is 0 Å². The third-order valence-corrected chi connectivity index (χ3v) is 4.50. The first kappa shape index (κ1) is 17.1. The van der Waals surface area contributed by atoms with Gasteiger partial charge < -0.3 is 14.5 Å². The largest absolute Gasteiger partial charge is 0.465 e. The van der Waals surface area contributed by atoms with Gasteiger partial charge in [0.15, 0.2) is 0 Å². The van der Waals surface area contributed by atoms with E-state index < -0.39 is 17.5 Å². The van der Waals surface area contributed by atoms with E-state index in [9.17, 15) is 14.4 Å². The number of hydrogen-bond acceptors (Lipinski definition) is 7. The first-order valence-electron chi connectivity index (χ1n) is 7.01. The van der Waals surface area contributed by atoms with E-state index in [1.807, 2.05) is 0 Å². The lowest BCUT2D eigenvalue weighted by Crippen LogP contribution is -2.15. The second-order valence-electron chi connectivity index (χ2n) is 4.92. The van der Waals surface area contributed by atoms with E-state index in [1.165, 1.54) is 25.3 Å². The van der Waals surface area contributed by atoms with Crippen LogP contribution in [0.3, 0.4) is 0 Å². The molecule has 3 rings (SSSR count). The predicted octanol–water partition coefficient (Wildman–Crippen LogP) is 2.78. The van der Waals surface area contributed by atoms with Crippen molar-refractivity contribution in [1.29, 1.82) is 0 Å². The van der Waals surface area contributed by atoms with Gasteiger partial charge in [0, 0.05) is 0 Å². The zero-order chi connectivity index (χ0) is 18.0. The topological polar surface area (TPSA) is 98.4 Å². The van der Waals surface area contributed by atoms with E-state index in [4.69, 9.17) is 16.3 Å². The van der Waals surface area contributed by atoms with Gasteiger partial charge in [-0.3, -0.25) is 4.79 Å². The van der Waals surface area contributed by atoms with Gasteiger partial charge in [-0.2, -0.15) is 0 Å². The molecule has 9 heteroatoms. The van der Waals surface area contributed by atoms with Crippen LogP contribution in [0.25, 0.3) is 10.9 Å². The Morgan fingerprint density at radius 2 is 2.04 bits per heavy atom. The van der Waals surface area contributed by atoms with Crippen LogP contribution >= 0.6 is 22.9 Å². The fraction of sp³-hybridized carbons (Fsp3) is 0.125. The van der Waals surface area contributed by atoms with Gasteiger partial charge >= 0.3 is 11.9 Å². The fourth-order valence-electron chi connectivity index (χ4n) is 2.13.